The molecule has 2 N–H and O–H groups in total. The Morgan fingerprint density at radius 3 is 2.66 bits per heavy atom. The molecule has 7 heteroatoms. The van der Waals surface area contributed by atoms with Gasteiger partial charge in [0.2, 0.25) is 5.91 Å². The minimum atomic E-state index is -0.0595. The topological polar surface area (TPSA) is 78.1 Å². The number of aromatic amines is 1. The van der Waals surface area contributed by atoms with Crippen molar-refractivity contribution in [1.82, 2.24) is 15.3 Å². The second-order valence-electron chi connectivity index (χ2n) is 7.85. The van der Waals surface area contributed by atoms with Crippen molar-refractivity contribution >= 4 is 29.3 Å². The fraction of sp³-hybridized carbons (Fsp3) is 0.320. The van der Waals surface area contributed by atoms with Crippen molar-refractivity contribution in [3.8, 4) is 11.1 Å². The maximum Gasteiger partial charge on any atom is 0.251 e. The van der Waals surface area contributed by atoms with Gasteiger partial charge in [-0.05, 0) is 54.3 Å². The van der Waals surface area contributed by atoms with E-state index in [1.807, 2.05) is 55.1 Å². The molecule has 2 heterocycles. The fourth-order valence-corrected chi connectivity index (χ4v) is 4.76. The molecule has 6 nitrogen and oxygen atoms in total. The third-order valence-electron chi connectivity index (χ3n) is 5.76. The normalized spacial score (nSPS) is 12.6. The summed E-state index contributed by atoms with van der Waals surface area (Å²) in [4.78, 5) is 33.8. The number of thioether (sulfide) groups is 1. The molecule has 0 atom stereocenters. The standard InChI is InChI=1S/C25H28N4O2S/c1-3-24(30)29-12-10-21-14-20(8-9-23(21)29)18-4-6-19(7-5-18)25(31)26-11-13-32-15-22-17(2)27-16-28-22/h4-9,14,16H,3,10-13,15H2,1-2H3,(H,26,31)(H,27,28). The molecule has 1 aromatic heterocycles. The zero-order valence-electron chi connectivity index (χ0n) is 18.5. The summed E-state index contributed by atoms with van der Waals surface area (Å²) in [5.41, 5.74) is 7.21. The minimum absolute atomic E-state index is 0.0595. The summed E-state index contributed by atoms with van der Waals surface area (Å²) in [7, 11) is 0. The number of rotatable bonds is 8. The number of hydrogen-bond acceptors (Lipinski definition) is 4. The van der Waals surface area contributed by atoms with Crippen LogP contribution in [0.25, 0.3) is 11.1 Å². The number of carbonyl (C=O) groups excluding carboxylic acids is 2. The summed E-state index contributed by atoms with van der Waals surface area (Å²) in [5, 5.41) is 2.98. The molecule has 1 aliphatic rings. The quantitative estimate of drug-likeness (QED) is 0.502. The van der Waals surface area contributed by atoms with Gasteiger partial charge < -0.3 is 15.2 Å². The Balaban J connectivity index is 1.30. The maximum atomic E-state index is 12.4. The van der Waals surface area contributed by atoms with Crippen molar-refractivity contribution in [3.63, 3.8) is 0 Å². The number of aryl methyl sites for hydroxylation is 1. The molecule has 3 aromatic rings. The molecule has 2 aromatic carbocycles. The lowest BCUT2D eigenvalue weighted by atomic mass is 10.0. The van der Waals surface area contributed by atoms with Crippen LogP contribution in [-0.4, -0.2) is 40.6 Å². The average molecular weight is 449 g/mol. The van der Waals surface area contributed by atoms with Gasteiger partial charge >= 0.3 is 0 Å². The number of H-pyrrole nitrogens is 1. The number of aromatic nitrogens is 2. The summed E-state index contributed by atoms with van der Waals surface area (Å²) in [5.74, 6) is 1.78. The molecule has 0 spiro atoms. The molecule has 32 heavy (non-hydrogen) atoms. The minimum Gasteiger partial charge on any atom is -0.351 e. The molecule has 4 rings (SSSR count). The summed E-state index contributed by atoms with van der Waals surface area (Å²) < 4.78 is 0. The highest BCUT2D eigenvalue weighted by molar-refractivity contribution is 7.98. The molecular weight excluding hydrogens is 420 g/mol. The number of imidazole rings is 1. The molecule has 0 saturated carbocycles. The number of benzene rings is 2. The van der Waals surface area contributed by atoms with Crippen molar-refractivity contribution in [2.75, 3.05) is 23.7 Å². The van der Waals surface area contributed by atoms with Gasteiger partial charge in [-0.1, -0.05) is 25.1 Å². The Kier molecular flexibility index (Phi) is 6.95. The van der Waals surface area contributed by atoms with E-state index >= 15 is 0 Å². The zero-order chi connectivity index (χ0) is 22.5. The lowest BCUT2D eigenvalue weighted by Gasteiger charge is -2.16. The highest BCUT2D eigenvalue weighted by Gasteiger charge is 2.23. The number of amides is 2. The van der Waals surface area contributed by atoms with Crippen LogP contribution in [0.15, 0.2) is 48.8 Å². The first-order valence-electron chi connectivity index (χ1n) is 11.0. The van der Waals surface area contributed by atoms with E-state index in [-0.39, 0.29) is 11.8 Å². The second kappa shape index (κ2) is 10.0. The van der Waals surface area contributed by atoms with E-state index in [0.717, 1.165) is 52.7 Å². The van der Waals surface area contributed by atoms with Gasteiger partial charge in [0, 0.05) is 48.0 Å². The van der Waals surface area contributed by atoms with E-state index in [1.165, 1.54) is 5.56 Å². The summed E-state index contributed by atoms with van der Waals surface area (Å²) >= 11 is 1.75. The molecule has 0 aliphatic carbocycles. The van der Waals surface area contributed by atoms with Gasteiger partial charge in [0.05, 0.1) is 12.0 Å². The number of nitrogens with zero attached hydrogens (tertiary/aromatic N) is 2. The molecule has 166 valence electrons. The average Bonchev–Trinajstić information content (AvgIpc) is 3.43. The maximum absolute atomic E-state index is 12.4. The first-order chi connectivity index (χ1) is 15.6. The van der Waals surface area contributed by atoms with Crippen LogP contribution >= 0.6 is 11.8 Å². The van der Waals surface area contributed by atoms with Gasteiger partial charge in [0.25, 0.3) is 5.91 Å². The number of fused-ring (bicyclic) bond motifs is 1. The van der Waals surface area contributed by atoms with E-state index in [1.54, 1.807) is 18.1 Å². The second-order valence-corrected chi connectivity index (χ2v) is 8.96. The summed E-state index contributed by atoms with van der Waals surface area (Å²) in [6.45, 7) is 5.28. The number of nitrogens with one attached hydrogen (secondary N) is 2. The summed E-state index contributed by atoms with van der Waals surface area (Å²) in [6.07, 6.45) is 3.11. The Hall–Kier alpha value is -3.06. The number of carbonyl (C=O) groups is 2. The molecule has 0 fully saturated rings. The Morgan fingerprint density at radius 2 is 1.94 bits per heavy atom. The van der Waals surface area contributed by atoms with Crippen LogP contribution in [0.2, 0.25) is 0 Å². The molecule has 1 aliphatic heterocycles. The fourth-order valence-electron chi connectivity index (χ4n) is 3.89. The van der Waals surface area contributed by atoms with Gasteiger partial charge in [-0.3, -0.25) is 9.59 Å². The van der Waals surface area contributed by atoms with E-state index in [9.17, 15) is 9.59 Å². The predicted octanol–water partition coefficient (Wildman–Crippen LogP) is 4.35. The van der Waals surface area contributed by atoms with Crippen LogP contribution in [0.1, 0.15) is 40.7 Å². The highest BCUT2D eigenvalue weighted by Crippen LogP contribution is 2.32. The van der Waals surface area contributed by atoms with Crippen LogP contribution < -0.4 is 10.2 Å². The van der Waals surface area contributed by atoms with Crippen LogP contribution in [0, 0.1) is 6.92 Å². The zero-order valence-corrected chi connectivity index (χ0v) is 19.3. The Labute approximate surface area is 192 Å². The van der Waals surface area contributed by atoms with Crippen molar-refractivity contribution in [2.24, 2.45) is 0 Å². The van der Waals surface area contributed by atoms with Crippen molar-refractivity contribution in [3.05, 3.63) is 71.3 Å². The summed E-state index contributed by atoms with van der Waals surface area (Å²) in [6, 6.07) is 13.9. The SMILES string of the molecule is CCC(=O)N1CCc2cc(-c3ccc(C(=O)NCCSCc4nc[nH]c4C)cc3)ccc21. The molecule has 0 radical (unpaired) electrons. The van der Waals surface area contributed by atoms with Crippen molar-refractivity contribution in [1.29, 1.82) is 0 Å². The smallest absolute Gasteiger partial charge is 0.251 e. The molecule has 0 bridgehead atoms. The van der Waals surface area contributed by atoms with E-state index in [0.29, 0.717) is 18.5 Å². The van der Waals surface area contributed by atoms with Crippen LogP contribution in [0.4, 0.5) is 5.69 Å². The molecular formula is C25H28N4O2S. The van der Waals surface area contributed by atoms with Gasteiger partial charge in [-0.25, -0.2) is 4.98 Å². The number of anilines is 1. The predicted molar refractivity (Wildman–Crippen MR) is 130 cm³/mol. The van der Waals surface area contributed by atoms with Crippen LogP contribution in [0.3, 0.4) is 0 Å². The lowest BCUT2D eigenvalue weighted by Crippen LogP contribution is -2.27. The van der Waals surface area contributed by atoms with E-state index < -0.39 is 0 Å². The van der Waals surface area contributed by atoms with Gasteiger partial charge in [-0.2, -0.15) is 11.8 Å². The first-order valence-corrected chi connectivity index (χ1v) is 12.1. The lowest BCUT2D eigenvalue weighted by molar-refractivity contribution is -0.118. The third-order valence-corrected chi connectivity index (χ3v) is 6.73. The van der Waals surface area contributed by atoms with Gasteiger partial charge in [-0.15, -0.1) is 0 Å². The Morgan fingerprint density at radius 1 is 1.16 bits per heavy atom. The molecule has 2 amide bonds. The van der Waals surface area contributed by atoms with Crippen molar-refractivity contribution in [2.45, 2.75) is 32.4 Å². The third kappa shape index (κ3) is 4.88. The largest absolute Gasteiger partial charge is 0.351 e. The molecule has 0 unspecified atom stereocenters. The van der Waals surface area contributed by atoms with Crippen LogP contribution in [0.5, 0.6) is 0 Å². The van der Waals surface area contributed by atoms with Gasteiger partial charge in [0.15, 0.2) is 0 Å². The van der Waals surface area contributed by atoms with Crippen molar-refractivity contribution < 1.29 is 9.59 Å². The monoisotopic (exact) mass is 448 g/mol. The first kappa shape index (κ1) is 22.1. The highest BCUT2D eigenvalue weighted by atomic mass is 32.2. The van der Waals surface area contributed by atoms with Crippen LogP contribution in [-0.2, 0) is 17.0 Å². The van der Waals surface area contributed by atoms with E-state index in [4.69, 9.17) is 0 Å². The van der Waals surface area contributed by atoms with E-state index in [2.05, 4.69) is 21.4 Å². The number of hydrogen-bond donors (Lipinski definition) is 2. The Bertz CT molecular complexity index is 1110. The molecule has 0 saturated heterocycles. The van der Waals surface area contributed by atoms with Gasteiger partial charge in [0.1, 0.15) is 0 Å².